The molecule has 0 aliphatic heterocycles. The molecular formula is C23H30O3. The Labute approximate surface area is 157 Å². The number of carbonyl (C=O) groups is 1. The maximum absolute atomic E-state index is 12.6. The van der Waals surface area contributed by atoms with Crippen molar-refractivity contribution in [1.82, 2.24) is 0 Å². The van der Waals surface area contributed by atoms with E-state index < -0.39 is 0 Å². The fourth-order valence-corrected chi connectivity index (χ4v) is 2.98. The van der Waals surface area contributed by atoms with E-state index in [0.29, 0.717) is 11.5 Å². The highest BCUT2D eigenvalue weighted by Gasteiger charge is 2.20. The van der Waals surface area contributed by atoms with Gasteiger partial charge in [-0.25, -0.2) is 0 Å². The van der Waals surface area contributed by atoms with E-state index in [-0.39, 0.29) is 11.9 Å². The zero-order valence-electron chi connectivity index (χ0n) is 16.1. The van der Waals surface area contributed by atoms with E-state index in [4.69, 9.17) is 4.74 Å². The quantitative estimate of drug-likeness (QED) is 0.458. The molecule has 3 heteroatoms. The molecule has 1 unspecified atom stereocenters. The number of para-hydroxylation sites is 1. The van der Waals surface area contributed by atoms with E-state index >= 15 is 0 Å². The van der Waals surface area contributed by atoms with Crippen LogP contribution in [0.25, 0.3) is 0 Å². The first kappa shape index (κ1) is 20.0. The number of ether oxygens (including phenoxy) is 1. The van der Waals surface area contributed by atoms with Gasteiger partial charge in [-0.1, -0.05) is 57.0 Å². The molecule has 0 heterocycles. The molecule has 1 atom stereocenters. The van der Waals surface area contributed by atoms with Gasteiger partial charge in [-0.05, 0) is 61.4 Å². The van der Waals surface area contributed by atoms with Crippen molar-refractivity contribution in [2.24, 2.45) is 0 Å². The maximum Gasteiger partial charge on any atom is 0.318 e. The van der Waals surface area contributed by atoms with Gasteiger partial charge in [-0.3, -0.25) is 4.79 Å². The summed E-state index contributed by atoms with van der Waals surface area (Å²) in [5.41, 5.74) is 2.80. The molecule has 0 saturated heterocycles. The van der Waals surface area contributed by atoms with Crippen LogP contribution in [0.1, 0.15) is 69.1 Å². The minimum absolute atomic E-state index is 0.273. The predicted molar refractivity (Wildman–Crippen MR) is 106 cm³/mol. The molecule has 0 saturated carbocycles. The molecule has 3 nitrogen and oxygen atoms in total. The van der Waals surface area contributed by atoms with Crippen LogP contribution in [0, 0.1) is 0 Å². The van der Waals surface area contributed by atoms with E-state index in [1.54, 1.807) is 12.1 Å². The van der Waals surface area contributed by atoms with Crippen LogP contribution in [0.4, 0.5) is 0 Å². The van der Waals surface area contributed by atoms with Crippen LogP contribution in [0.2, 0.25) is 0 Å². The van der Waals surface area contributed by atoms with Crippen LogP contribution in [-0.2, 0) is 17.6 Å². The second-order valence-electron chi connectivity index (χ2n) is 6.85. The Bertz CT molecular complexity index is 678. The molecule has 0 aliphatic carbocycles. The van der Waals surface area contributed by atoms with Crippen molar-refractivity contribution in [2.75, 3.05) is 0 Å². The second-order valence-corrected chi connectivity index (χ2v) is 6.85. The number of carbonyl (C=O) groups excluding carboxylic acids is 1. The highest BCUT2D eigenvalue weighted by Crippen LogP contribution is 2.31. The van der Waals surface area contributed by atoms with Gasteiger partial charge >= 0.3 is 5.97 Å². The molecule has 0 spiro atoms. The zero-order valence-corrected chi connectivity index (χ0v) is 16.1. The summed E-state index contributed by atoms with van der Waals surface area (Å²) in [5.74, 6) is 0.307. The van der Waals surface area contributed by atoms with Crippen LogP contribution in [0.15, 0.2) is 42.5 Å². The SMILES string of the molecule is CCCCc1cc(C(C)C(=O)Oc2ccccc2)cc(CCCC)c1O. The summed E-state index contributed by atoms with van der Waals surface area (Å²) in [6, 6.07) is 13.1. The van der Waals surface area contributed by atoms with Gasteiger partial charge < -0.3 is 9.84 Å². The molecule has 2 rings (SSSR count). The number of unbranched alkanes of at least 4 members (excludes halogenated alkanes) is 2. The summed E-state index contributed by atoms with van der Waals surface area (Å²) < 4.78 is 5.50. The molecular weight excluding hydrogens is 324 g/mol. The summed E-state index contributed by atoms with van der Waals surface area (Å²) in [4.78, 5) is 12.6. The largest absolute Gasteiger partial charge is 0.507 e. The van der Waals surface area contributed by atoms with Gasteiger partial charge in [0.05, 0.1) is 5.92 Å². The van der Waals surface area contributed by atoms with Crippen molar-refractivity contribution < 1.29 is 14.6 Å². The lowest BCUT2D eigenvalue weighted by Crippen LogP contribution is -2.16. The number of rotatable bonds is 9. The van der Waals surface area contributed by atoms with Gasteiger partial charge in [0.25, 0.3) is 0 Å². The summed E-state index contributed by atoms with van der Waals surface area (Å²) in [5, 5.41) is 10.6. The van der Waals surface area contributed by atoms with E-state index in [2.05, 4.69) is 13.8 Å². The topological polar surface area (TPSA) is 46.5 Å². The molecule has 2 aromatic rings. The average molecular weight is 354 g/mol. The Morgan fingerprint density at radius 3 is 2.04 bits per heavy atom. The number of hydrogen-bond acceptors (Lipinski definition) is 3. The fraction of sp³-hybridized carbons (Fsp3) is 0.435. The molecule has 0 amide bonds. The van der Waals surface area contributed by atoms with Crippen molar-refractivity contribution in [2.45, 2.75) is 65.2 Å². The van der Waals surface area contributed by atoms with E-state index in [1.807, 2.05) is 37.3 Å². The number of aryl methyl sites for hydroxylation is 2. The number of hydrogen-bond donors (Lipinski definition) is 1. The average Bonchev–Trinajstić information content (AvgIpc) is 2.66. The van der Waals surface area contributed by atoms with Crippen molar-refractivity contribution in [3.05, 3.63) is 59.2 Å². The molecule has 0 fully saturated rings. The van der Waals surface area contributed by atoms with Gasteiger partial charge in [0.15, 0.2) is 0 Å². The Morgan fingerprint density at radius 2 is 1.54 bits per heavy atom. The third-order valence-corrected chi connectivity index (χ3v) is 4.70. The van der Waals surface area contributed by atoms with Crippen molar-refractivity contribution in [1.29, 1.82) is 0 Å². The standard InChI is InChI=1S/C23H30O3/c1-4-6-11-18-15-20(16-19(22(18)24)12-7-5-2)17(3)23(25)26-21-13-9-8-10-14-21/h8-10,13-17,24H,4-7,11-12H2,1-3H3. The number of aromatic hydroxyl groups is 1. The third kappa shape index (κ3) is 5.35. The summed E-state index contributed by atoms with van der Waals surface area (Å²) in [7, 11) is 0. The number of esters is 1. The molecule has 26 heavy (non-hydrogen) atoms. The Morgan fingerprint density at radius 1 is 1.00 bits per heavy atom. The molecule has 0 aromatic heterocycles. The third-order valence-electron chi connectivity index (χ3n) is 4.70. The van der Waals surface area contributed by atoms with Crippen LogP contribution in [0.3, 0.4) is 0 Å². The van der Waals surface area contributed by atoms with Gasteiger partial charge in [-0.2, -0.15) is 0 Å². The van der Waals surface area contributed by atoms with Crippen LogP contribution >= 0.6 is 0 Å². The van der Waals surface area contributed by atoms with Crippen molar-refractivity contribution in [3.8, 4) is 11.5 Å². The zero-order chi connectivity index (χ0) is 18.9. The molecule has 0 aliphatic rings. The monoisotopic (exact) mass is 354 g/mol. The highest BCUT2D eigenvalue weighted by molar-refractivity contribution is 5.80. The van der Waals surface area contributed by atoms with Gasteiger partial charge in [0, 0.05) is 0 Å². The number of phenols is 1. The smallest absolute Gasteiger partial charge is 0.318 e. The minimum atomic E-state index is -0.378. The molecule has 2 aromatic carbocycles. The van der Waals surface area contributed by atoms with E-state index in [1.165, 1.54) is 0 Å². The fourth-order valence-electron chi connectivity index (χ4n) is 2.98. The highest BCUT2D eigenvalue weighted by atomic mass is 16.5. The molecule has 0 bridgehead atoms. The van der Waals surface area contributed by atoms with Gasteiger partial charge in [0.1, 0.15) is 11.5 Å². The molecule has 1 N–H and O–H groups in total. The molecule has 0 radical (unpaired) electrons. The Kier molecular flexibility index (Phi) is 7.71. The van der Waals surface area contributed by atoms with Gasteiger partial charge in [-0.15, -0.1) is 0 Å². The van der Waals surface area contributed by atoms with Crippen molar-refractivity contribution in [3.63, 3.8) is 0 Å². The number of phenolic OH excluding ortho intramolecular Hbond substituents is 1. The first-order valence-corrected chi connectivity index (χ1v) is 9.68. The normalized spacial score (nSPS) is 12.0. The summed E-state index contributed by atoms with van der Waals surface area (Å²) in [6.45, 7) is 6.14. The molecule has 140 valence electrons. The van der Waals surface area contributed by atoms with Gasteiger partial charge in [0.2, 0.25) is 0 Å². The predicted octanol–water partition coefficient (Wildman–Crippen LogP) is 5.79. The van der Waals surface area contributed by atoms with Crippen LogP contribution < -0.4 is 4.74 Å². The Balaban J connectivity index is 2.25. The van der Waals surface area contributed by atoms with Crippen LogP contribution in [0.5, 0.6) is 11.5 Å². The van der Waals surface area contributed by atoms with E-state index in [0.717, 1.165) is 55.2 Å². The van der Waals surface area contributed by atoms with E-state index in [9.17, 15) is 9.90 Å². The maximum atomic E-state index is 12.6. The number of benzene rings is 2. The first-order valence-electron chi connectivity index (χ1n) is 9.68. The van der Waals surface area contributed by atoms with Crippen molar-refractivity contribution >= 4 is 5.97 Å². The first-order chi connectivity index (χ1) is 12.6. The lowest BCUT2D eigenvalue weighted by molar-refractivity contribution is -0.135. The Hall–Kier alpha value is -2.29. The summed E-state index contributed by atoms with van der Waals surface area (Å²) in [6.07, 6.45) is 5.84. The van der Waals surface area contributed by atoms with Crippen LogP contribution in [-0.4, -0.2) is 11.1 Å². The lowest BCUT2D eigenvalue weighted by atomic mass is 9.92. The lowest BCUT2D eigenvalue weighted by Gasteiger charge is -2.17. The summed E-state index contributed by atoms with van der Waals surface area (Å²) >= 11 is 0. The minimum Gasteiger partial charge on any atom is -0.507 e. The second kappa shape index (κ2) is 10.0.